The monoisotopic (exact) mass is 438 g/mol. The van der Waals surface area contributed by atoms with Crippen molar-refractivity contribution in [3.63, 3.8) is 0 Å². The molecular formula is C21H18N4OS3. The number of aryl methyl sites for hydroxylation is 2. The molecule has 146 valence electrons. The Morgan fingerprint density at radius 3 is 2.79 bits per heavy atom. The quantitative estimate of drug-likeness (QED) is 0.357. The van der Waals surface area contributed by atoms with E-state index in [0.29, 0.717) is 12.3 Å². The van der Waals surface area contributed by atoms with Gasteiger partial charge in [0.15, 0.2) is 5.16 Å². The van der Waals surface area contributed by atoms with Crippen molar-refractivity contribution >= 4 is 50.4 Å². The van der Waals surface area contributed by atoms with Crippen molar-refractivity contribution < 1.29 is 0 Å². The number of rotatable bonds is 5. The summed E-state index contributed by atoms with van der Waals surface area (Å²) in [5, 5.41) is 13.6. The minimum absolute atomic E-state index is 0.00520. The second kappa shape index (κ2) is 7.44. The molecule has 29 heavy (non-hydrogen) atoms. The van der Waals surface area contributed by atoms with Crippen molar-refractivity contribution in [1.82, 2.24) is 19.2 Å². The van der Waals surface area contributed by atoms with Gasteiger partial charge in [-0.25, -0.2) is 0 Å². The van der Waals surface area contributed by atoms with Crippen LogP contribution in [0.15, 0.2) is 57.1 Å². The summed E-state index contributed by atoms with van der Waals surface area (Å²) in [6.07, 6.45) is 0. The lowest BCUT2D eigenvalue weighted by Gasteiger charge is -2.09. The number of thiophene rings is 2. The summed E-state index contributed by atoms with van der Waals surface area (Å²) >= 11 is 4.77. The molecule has 0 N–H and O–H groups in total. The van der Waals surface area contributed by atoms with Gasteiger partial charge in [0, 0.05) is 10.6 Å². The average molecular weight is 439 g/mol. The predicted octanol–water partition coefficient (Wildman–Crippen LogP) is 5.12. The number of benzene rings is 1. The van der Waals surface area contributed by atoms with E-state index in [4.69, 9.17) is 0 Å². The van der Waals surface area contributed by atoms with E-state index in [9.17, 15) is 4.79 Å². The van der Waals surface area contributed by atoms with Crippen molar-refractivity contribution in [2.24, 2.45) is 0 Å². The summed E-state index contributed by atoms with van der Waals surface area (Å²) in [6, 6.07) is 12.5. The predicted molar refractivity (Wildman–Crippen MR) is 122 cm³/mol. The Morgan fingerprint density at radius 1 is 1.07 bits per heavy atom. The molecule has 5 nitrogen and oxygen atoms in total. The maximum Gasteiger partial charge on any atom is 0.273 e. The fraction of sp³-hybridized carbons (Fsp3) is 0.190. The Morgan fingerprint density at radius 2 is 1.97 bits per heavy atom. The van der Waals surface area contributed by atoms with Crippen LogP contribution in [-0.4, -0.2) is 19.2 Å². The van der Waals surface area contributed by atoms with Gasteiger partial charge in [0.1, 0.15) is 4.70 Å². The molecule has 0 aliphatic heterocycles. The molecule has 1 aromatic carbocycles. The molecule has 8 heteroatoms. The average Bonchev–Trinajstić information content (AvgIpc) is 3.45. The first-order chi connectivity index (χ1) is 14.1. The Hall–Kier alpha value is -2.42. The van der Waals surface area contributed by atoms with Gasteiger partial charge in [-0.15, -0.1) is 32.9 Å². The lowest BCUT2D eigenvalue weighted by molar-refractivity contribution is 0.775. The van der Waals surface area contributed by atoms with E-state index in [1.165, 1.54) is 28.0 Å². The van der Waals surface area contributed by atoms with Crippen LogP contribution < -0.4 is 5.56 Å². The molecular weight excluding hydrogens is 420 g/mol. The van der Waals surface area contributed by atoms with E-state index in [1.807, 2.05) is 33.4 Å². The van der Waals surface area contributed by atoms with Gasteiger partial charge < -0.3 is 0 Å². The second-order valence-corrected chi connectivity index (χ2v) is 9.83. The smallest absolute Gasteiger partial charge is 0.270 e. The highest BCUT2D eigenvalue weighted by atomic mass is 32.2. The van der Waals surface area contributed by atoms with E-state index >= 15 is 0 Å². The molecule has 4 aromatic heterocycles. The number of aromatic nitrogens is 4. The maximum atomic E-state index is 13.1. The van der Waals surface area contributed by atoms with E-state index in [-0.39, 0.29) is 5.56 Å². The van der Waals surface area contributed by atoms with Gasteiger partial charge in [0.05, 0.1) is 12.1 Å². The van der Waals surface area contributed by atoms with Gasteiger partial charge in [0.2, 0.25) is 5.78 Å². The number of thioether (sulfide) groups is 1. The Bertz CT molecular complexity index is 1380. The molecule has 0 atom stereocenters. The summed E-state index contributed by atoms with van der Waals surface area (Å²) in [4.78, 5) is 14.2. The third-order valence-electron chi connectivity index (χ3n) is 4.94. The number of hydrogen-bond donors (Lipinski definition) is 0. The molecule has 0 saturated heterocycles. The van der Waals surface area contributed by atoms with E-state index < -0.39 is 0 Å². The number of nitrogens with zero attached hydrogens (tertiary/aromatic N) is 4. The van der Waals surface area contributed by atoms with Crippen molar-refractivity contribution in [2.75, 3.05) is 0 Å². The zero-order chi connectivity index (χ0) is 20.0. The molecule has 0 fully saturated rings. The SMILES string of the molecule is Cc1ccc(C)c(CSc2nnc3n(Cc4cccs4)c(=O)c4sccc4n23)c1. The molecule has 0 amide bonds. The zero-order valence-electron chi connectivity index (χ0n) is 16.0. The molecule has 5 rings (SSSR count). The molecule has 0 radical (unpaired) electrons. The molecule has 0 aliphatic rings. The van der Waals surface area contributed by atoms with Crippen LogP contribution in [0.2, 0.25) is 0 Å². The first-order valence-electron chi connectivity index (χ1n) is 9.18. The Balaban J connectivity index is 1.61. The molecule has 0 saturated carbocycles. The van der Waals surface area contributed by atoms with Crippen molar-refractivity contribution in [1.29, 1.82) is 0 Å². The van der Waals surface area contributed by atoms with Gasteiger partial charge in [0.25, 0.3) is 5.56 Å². The highest BCUT2D eigenvalue weighted by Gasteiger charge is 2.18. The Kier molecular flexibility index (Phi) is 4.77. The van der Waals surface area contributed by atoms with Crippen LogP contribution in [0, 0.1) is 13.8 Å². The van der Waals surface area contributed by atoms with Crippen LogP contribution in [-0.2, 0) is 12.3 Å². The third-order valence-corrected chi connectivity index (χ3v) is 7.67. The molecule has 0 spiro atoms. The standard InChI is InChI=1S/C21H18N4OS3/c1-13-5-6-14(2)15(10-13)12-29-21-23-22-20-24(11-16-4-3-8-27-16)19(26)18-17(25(20)21)7-9-28-18/h3-10H,11-12H2,1-2H3. The summed E-state index contributed by atoms with van der Waals surface area (Å²) in [6.45, 7) is 4.75. The van der Waals surface area contributed by atoms with Crippen LogP contribution in [0.5, 0.6) is 0 Å². The second-order valence-electron chi connectivity index (χ2n) is 6.94. The molecule has 5 aromatic rings. The topological polar surface area (TPSA) is 52.2 Å². The minimum atomic E-state index is -0.00520. The van der Waals surface area contributed by atoms with Crippen LogP contribution in [0.4, 0.5) is 0 Å². The van der Waals surface area contributed by atoms with Gasteiger partial charge in [-0.05, 0) is 47.9 Å². The van der Waals surface area contributed by atoms with E-state index in [0.717, 1.165) is 26.0 Å². The lowest BCUT2D eigenvalue weighted by atomic mass is 10.1. The fourth-order valence-electron chi connectivity index (χ4n) is 3.39. The van der Waals surface area contributed by atoms with Crippen LogP contribution >= 0.6 is 34.4 Å². The van der Waals surface area contributed by atoms with Crippen molar-refractivity contribution in [2.45, 2.75) is 31.3 Å². The molecule has 0 bridgehead atoms. The summed E-state index contributed by atoms with van der Waals surface area (Å²) in [5.41, 5.74) is 4.69. The first-order valence-corrected chi connectivity index (χ1v) is 11.9. The molecule has 4 heterocycles. The number of hydrogen-bond acceptors (Lipinski definition) is 6. The van der Waals surface area contributed by atoms with Crippen molar-refractivity contribution in [3.05, 3.63) is 79.1 Å². The summed E-state index contributed by atoms with van der Waals surface area (Å²) < 4.78 is 4.50. The lowest BCUT2D eigenvalue weighted by Crippen LogP contribution is -2.22. The van der Waals surface area contributed by atoms with Gasteiger partial charge >= 0.3 is 0 Å². The summed E-state index contributed by atoms with van der Waals surface area (Å²) in [7, 11) is 0. The van der Waals surface area contributed by atoms with Gasteiger partial charge in [-0.1, -0.05) is 41.6 Å². The van der Waals surface area contributed by atoms with E-state index in [2.05, 4.69) is 42.2 Å². The van der Waals surface area contributed by atoms with Crippen LogP contribution in [0.1, 0.15) is 21.6 Å². The largest absolute Gasteiger partial charge is 0.273 e. The highest BCUT2D eigenvalue weighted by molar-refractivity contribution is 7.98. The van der Waals surface area contributed by atoms with Crippen molar-refractivity contribution in [3.8, 4) is 0 Å². The fourth-order valence-corrected chi connectivity index (χ4v) is 5.91. The minimum Gasteiger partial charge on any atom is -0.270 e. The van der Waals surface area contributed by atoms with Gasteiger partial charge in [-0.3, -0.25) is 13.8 Å². The Labute approximate surface area is 179 Å². The molecule has 0 unspecified atom stereocenters. The third kappa shape index (κ3) is 3.31. The number of fused-ring (bicyclic) bond motifs is 3. The van der Waals surface area contributed by atoms with Crippen LogP contribution in [0.25, 0.3) is 16.0 Å². The summed E-state index contributed by atoms with van der Waals surface area (Å²) in [5.74, 6) is 1.40. The van der Waals surface area contributed by atoms with Crippen LogP contribution in [0.3, 0.4) is 0 Å². The van der Waals surface area contributed by atoms with Gasteiger partial charge in [-0.2, -0.15) is 0 Å². The van der Waals surface area contributed by atoms with E-state index in [1.54, 1.807) is 27.7 Å². The highest BCUT2D eigenvalue weighted by Crippen LogP contribution is 2.28. The molecule has 0 aliphatic carbocycles. The first kappa shape index (κ1) is 18.6. The zero-order valence-corrected chi connectivity index (χ0v) is 18.4. The maximum absolute atomic E-state index is 13.1. The normalized spacial score (nSPS) is 11.7.